The van der Waals surface area contributed by atoms with E-state index in [4.69, 9.17) is 0 Å². The van der Waals surface area contributed by atoms with Crippen molar-refractivity contribution in [3.8, 4) is 11.5 Å². The molecule has 0 unspecified atom stereocenters. The second kappa shape index (κ2) is 7.20. The first-order chi connectivity index (χ1) is 9.95. The lowest BCUT2D eigenvalue weighted by Crippen LogP contribution is -2.00. The van der Waals surface area contributed by atoms with Crippen LogP contribution in [0.15, 0.2) is 18.2 Å². The number of rotatable bonds is 3. The van der Waals surface area contributed by atoms with Gasteiger partial charge in [-0.2, -0.15) is 4.39 Å². The monoisotopic (exact) mass is 300 g/mol. The van der Waals surface area contributed by atoms with Crippen LogP contribution in [0.2, 0.25) is 0 Å². The summed E-state index contributed by atoms with van der Waals surface area (Å²) in [4.78, 5) is 0. The van der Waals surface area contributed by atoms with Crippen LogP contribution < -0.4 is 4.74 Å². The van der Waals surface area contributed by atoms with E-state index in [1.165, 1.54) is 12.1 Å². The maximum absolute atomic E-state index is 13.7. The first-order valence-electron chi connectivity index (χ1n) is 6.79. The van der Waals surface area contributed by atoms with Crippen LogP contribution in [-0.4, -0.2) is 12.0 Å². The van der Waals surface area contributed by atoms with E-state index < -0.39 is 24.2 Å². The van der Waals surface area contributed by atoms with Gasteiger partial charge in [-0.15, -0.1) is 0 Å². The molecule has 2 aromatic rings. The predicted octanol–water partition coefficient (Wildman–Crippen LogP) is 5.28. The van der Waals surface area contributed by atoms with E-state index >= 15 is 0 Å². The van der Waals surface area contributed by atoms with Gasteiger partial charge in [0.1, 0.15) is 5.75 Å². The maximum atomic E-state index is 13.7. The fourth-order valence-electron chi connectivity index (χ4n) is 2.11. The molecule has 0 aromatic heterocycles. The van der Waals surface area contributed by atoms with Crippen molar-refractivity contribution in [2.24, 2.45) is 0 Å². The van der Waals surface area contributed by atoms with Crippen molar-refractivity contribution in [3.63, 3.8) is 0 Å². The minimum Gasteiger partial charge on any atom is -0.508 e. The molecule has 0 bridgehead atoms. The highest BCUT2D eigenvalue weighted by atomic mass is 19.2. The first kappa shape index (κ1) is 17.1. The quantitative estimate of drug-likeness (QED) is 0.835. The molecule has 2 nitrogen and oxygen atoms in total. The Kier molecular flexibility index (Phi) is 5.88. The highest BCUT2D eigenvalue weighted by Crippen LogP contribution is 2.38. The Balaban J connectivity index is 0.00000106. The summed E-state index contributed by atoms with van der Waals surface area (Å²) in [6.07, 6.45) is 0. The third-order valence-corrected chi connectivity index (χ3v) is 2.92. The molecule has 5 heteroatoms. The van der Waals surface area contributed by atoms with Gasteiger partial charge in [-0.05, 0) is 35.1 Å². The zero-order valence-electron chi connectivity index (χ0n) is 12.5. The number of aromatic hydroxyl groups is 1. The normalized spacial score (nSPS) is 10.5. The number of hydrogen-bond donors (Lipinski definition) is 1. The Hall–Kier alpha value is -1.91. The lowest BCUT2D eigenvalue weighted by molar-refractivity contribution is 0.185. The Bertz CT molecular complexity index is 625. The van der Waals surface area contributed by atoms with Crippen molar-refractivity contribution in [1.82, 2.24) is 0 Å². The number of halogens is 3. The van der Waals surface area contributed by atoms with Crippen LogP contribution in [0.4, 0.5) is 13.2 Å². The second-order valence-corrected chi connectivity index (χ2v) is 4.54. The van der Waals surface area contributed by atoms with E-state index in [9.17, 15) is 18.3 Å². The molecule has 0 fully saturated rings. The Morgan fingerprint density at radius 3 is 2.29 bits per heavy atom. The van der Waals surface area contributed by atoms with E-state index in [2.05, 4.69) is 4.74 Å². The molecule has 0 aliphatic rings. The van der Waals surface area contributed by atoms with E-state index in [0.717, 1.165) is 6.07 Å². The van der Waals surface area contributed by atoms with Crippen LogP contribution in [0.3, 0.4) is 0 Å². The summed E-state index contributed by atoms with van der Waals surface area (Å²) in [5.41, 5.74) is 0.567. The van der Waals surface area contributed by atoms with Gasteiger partial charge in [0.05, 0.1) is 0 Å². The van der Waals surface area contributed by atoms with E-state index in [-0.39, 0.29) is 22.4 Å². The summed E-state index contributed by atoms with van der Waals surface area (Å²) < 4.78 is 44.1. The highest BCUT2D eigenvalue weighted by molar-refractivity contribution is 5.93. The second-order valence-electron chi connectivity index (χ2n) is 4.54. The molecule has 116 valence electrons. The molecular formula is C16H19F3O2. The smallest absolute Gasteiger partial charge is 0.228 e. The van der Waals surface area contributed by atoms with Gasteiger partial charge in [0, 0.05) is 5.39 Å². The van der Waals surface area contributed by atoms with Gasteiger partial charge in [0.2, 0.25) is 12.7 Å². The summed E-state index contributed by atoms with van der Waals surface area (Å²) in [6.45, 7) is 6.40. The number of benzene rings is 2. The molecule has 21 heavy (non-hydrogen) atoms. The third-order valence-electron chi connectivity index (χ3n) is 2.92. The SMILES string of the molecule is CC.CC(C)c1cc(O)cc2cc(F)c(F)c(OCF)c12. The highest BCUT2D eigenvalue weighted by Gasteiger charge is 2.19. The van der Waals surface area contributed by atoms with E-state index in [1.54, 1.807) is 0 Å². The number of phenolic OH excluding ortho intramolecular Hbond substituents is 1. The van der Waals surface area contributed by atoms with Crippen molar-refractivity contribution in [2.75, 3.05) is 6.86 Å². The Morgan fingerprint density at radius 1 is 1.14 bits per heavy atom. The van der Waals surface area contributed by atoms with E-state index in [0.29, 0.717) is 5.56 Å². The van der Waals surface area contributed by atoms with Crippen LogP contribution in [0, 0.1) is 11.6 Å². The molecule has 0 aliphatic carbocycles. The molecule has 2 aromatic carbocycles. The summed E-state index contributed by atoms with van der Waals surface area (Å²) in [6, 6.07) is 3.69. The Labute approximate surface area is 122 Å². The standard InChI is InChI=1S/C14H13F3O2.C2H6/c1-7(2)10-5-9(18)3-8-4-11(16)13(17)14(12(8)10)19-6-15;1-2/h3-5,7,18H,6H2,1-2H3;1-2H3. The lowest BCUT2D eigenvalue weighted by atomic mass is 9.94. The number of ether oxygens (including phenoxy) is 1. The largest absolute Gasteiger partial charge is 0.508 e. The van der Waals surface area contributed by atoms with Crippen LogP contribution >= 0.6 is 0 Å². The summed E-state index contributed by atoms with van der Waals surface area (Å²) in [7, 11) is 0. The molecule has 0 heterocycles. The van der Waals surface area contributed by atoms with Crippen molar-refractivity contribution < 1.29 is 23.0 Å². The van der Waals surface area contributed by atoms with Crippen molar-refractivity contribution in [2.45, 2.75) is 33.6 Å². The number of alkyl halides is 1. The predicted molar refractivity (Wildman–Crippen MR) is 77.6 cm³/mol. The average Bonchev–Trinajstić information content (AvgIpc) is 2.45. The van der Waals surface area contributed by atoms with Crippen LogP contribution in [-0.2, 0) is 0 Å². The number of phenols is 1. The molecule has 0 amide bonds. The maximum Gasteiger partial charge on any atom is 0.228 e. The fourth-order valence-corrected chi connectivity index (χ4v) is 2.11. The molecule has 0 aliphatic heterocycles. The third kappa shape index (κ3) is 3.40. The molecule has 0 saturated carbocycles. The fraction of sp³-hybridized carbons (Fsp3) is 0.375. The zero-order valence-corrected chi connectivity index (χ0v) is 12.5. The van der Waals surface area contributed by atoms with Gasteiger partial charge in [0.25, 0.3) is 0 Å². The molecular weight excluding hydrogens is 281 g/mol. The Morgan fingerprint density at radius 2 is 1.76 bits per heavy atom. The lowest BCUT2D eigenvalue weighted by Gasteiger charge is -2.15. The van der Waals surface area contributed by atoms with Gasteiger partial charge in [0.15, 0.2) is 11.6 Å². The van der Waals surface area contributed by atoms with Crippen molar-refractivity contribution in [1.29, 1.82) is 0 Å². The van der Waals surface area contributed by atoms with Gasteiger partial charge in [-0.25, -0.2) is 8.78 Å². The molecule has 0 atom stereocenters. The van der Waals surface area contributed by atoms with Crippen LogP contribution in [0.25, 0.3) is 10.8 Å². The molecule has 0 saturated heterocycles. The topological polar surface area (TPSA) is 29.5 Å². The summed E-state index contributed by atoms with van der Waals surface area (Å²) in [5, 5.41) is 10.2. The van der Waals surface area contributed by atoms with E-state index in [1.807, 2.05) is 27.7 Å². The van der Waals surface area contributed by atoms with Crippen LogP contribution in [0.1, 0.15) is 39.2 Å². The van der Waals surface area contributed by atoms with Crippen LogP contribution in [0.5, 0.6) is 11.5 Å². The first-order valence-corrected chi connectivity index (χ1v) is 6.79. The summed E-state index contributed by atoms with van der Waals surface area (Å²) >= 11 is 0. The van der Waals surface area contributed by atoms with Gasteiger partial charge >= 0.3 is 0 Å². The number of fused-ring (bicyclic) bond motifs is 1. The minimum atomic E-state index is -1.26. The zero-order chi connectivity index (χ0) is 16.2. The van der Waals surface area contributed by atoms with Crippen molar-refractivity contribution >= 4 is 10.8 Å². The van der Waals surface area contributed by atoms with Crippen molar-refractivity contribution in [3.05, 3.63) is 35.4 Å². The molecule has 1 N–H and O–H groups in total. The number of hydrogen-bond acceptors (Lipinski definition) is 2. The summed E-state index contributed by atoms with van der Waals surface area (Å²) in [5.74, 6) is -2.95. The molecule has 2 rings (SSSR count). The van der Waals surface area contributed by atoms with Gasteiger partial charge in [-0.1, -0.05) is 27.7 Å². The minimum absolute atomic E-state index is 0.0617. The molecule has 0 radical (unpaired) electrons. The van der Waals surface area contributed by atoms with Gasteiger partial charge in [-0.3, -0.25) is 0 Å². The molecule has 0 spiro atoms. The van der Waals surface area contributed by atoms with Gasteiger partial charge < -0.3 is 9.84 Å². The average molecular weight is 300 g/mol.